The highest BCUT2D eigenvalue weighted by Gasteiger charge is 2.21. The molecule has 0 saturated carbocycles. The van der Waals surface area contributed by atoms with Gasteiger partial charge in [0.2, 0.25) is 0 Å². The zero-order valence-electron chi connectivity index (χ0n) is 11.8. The van der Waals surface area contributed by atoms with Crippen molar-refractivity contribution in [2.24, 2.45) is 0 Å². The minimum absolute atomic E-state index is 0.618. The number of piperazine rings is 1. The summed E-state index contributed by atoms with van der Waals surface area (Å²) in [4.78, 5) is 2.65. The molecule has 2 rings (SSSR count). The first-order chi connectivity index (χ1) is 8.81. The molecule has 0 bridgehead atoms. The predicted molar refractivity (Wildman–Crippen MR) is 77.9 cm³/mol. The summed E-state index contributed by atoms with van der Waals surface area (Å²) in [6.45, 7) is 9.11. The molecule has 0 aliphatic carbocycles. The lowest BCUT2D eigenvalue weighted by molar-refractivity contribution is 0.163. The molecule has 0 spiro atoms. The fourth-order valence-electron chi connectivity index (χ4n) is 2.83. The smallest absolute Gasteiger partial charge is 0.0349 e. The van der Waals surface area contributed by atoms with Crippen molar-refractivity contribution in [2.45, 2.75) is 39.2 Å². The summed E-state index contributed by atoms with van der Waals surface area (Å²) in [6.07, 6.45) is 3.90. The van der Waals surface area contributed by atoms with Crippen LogP contribution < -0.4 is 5.32 Å². The lowest BCUT2D eigenvalue weighted by Gasteiger charge is -2.35. The molecule has 2 heteroatoms. The first kappa shape index (κ1) is 13.6. The van der Waals surface area contributed by atoms with Crippen molar-refractivity contribution in [3.05, 3.63) is 35.4 Å². The van der Waals surface area contributed by atoms with Gasteiger partial charge < -0.3 is 5.32 Å². The number of nitrogens with one attached hydrogen (secondary N) is 1. The molecule has 0 unspecified atom stereocenters. The van der Waals surface area contributed by atoms with Gasteiger partial charge in [-0.2, -0.15) is 0 Å². The normalized spacial score (nSPS) is 18.8. The van der Waals surface area contributed by atoms with Crippen LogP contribution in [0.4, 0.5) is 0 Å². The van der Waals surface area contributed by atoms with Gasteiger partial charge in [0.1, 0.15) is 0 Å². The Hall–Kier alpha value is -0.860. The Labute approximate surface area is 111 Å². The van der Waals surface area contributed by atoms with Crippen LogP contribution in [0.25, 0.3) is 0 Å². The third-order valence-electron chi connectivity index (χ3n) is 3.85. The van der Waals surface area contributed by atoms with Crippen LogP contribution in [0.2, 0.25) is 0 Å². The Kier molecular flexibility index (Phi) is 5.21. The van der Waals surface area contributed by atoms with Gasteiger partial charge in [-0.05, 0) is 18.9 Å². The van der Waals surface area contributed by atoms with Gasteiger partial charge in [0.05, 0.1) is 0 Å². The van der Waals surface area contributed by atoms with E-state index >= 15 is 0 Å². The summed E-state index contributed by atoms with van der Waals surface area (Å²) in [5, 5.41) is 3.45. The summed E-state index contributed by atoms with van der Waals surface area (Å²) in [5.74, 6) is 0. The Morgan fingerprint density at radius 1 is 1.28 bits per heavy atom. The first-order valence-electron chi connectivity index (χ1n) is 7.32. The van der Waals surface area contributed by atoms with Crippen LogP contribution in [-0.4, -0.2) is 31.1 Å². The lowest BCUT2D eigenvalue weighted by Crippen LogP contribution is -2.45. The molecule has 1 aromatic rings. The minimum atomic E-state index is 0.618. The number of unbranched alkanes of at least 4 members (excludes halogenated alkanes) is 1. The van der Waals surface area contributed by atoms with Crippen LogP contribution in [0.3, 0.4) is 0 Å². The number of benzene rings is 1. The summed E-state index contributed by atoms with van der Waals surface area (Å²) in [7, 11) is 0. The summed E-state index contributed by atoms with van der Waals surface area (Å²) in [6, 6.07) is 9.67. The number of nitrogens with zero attached hydrogens (tertiary/aromatic N) is 1. The SMILES string of the molecule is CCCC[C@H](c1cccc(C)c1)N1CCNCC1. The van der Waals surface area contributed by atoms with Crippen molar-refractivity contribution in [1.82, 2.24) is 10.2 Å². The Bertz CT molecular complexity index is 356. The first-order valence-corrected chi connectivity index (χ1v) is 7.32. The molecular weight excluding hydrogens is 220 g/mol. The summed E-state index contributed by atoms with van der Waals surface area (Å²) >= 11 is 0. The summed E-state index contributed by atoms with van der Waals surface area (Å²) in [5.41, 5.74) is 2.88. The molecule has 2 nitrogen and oxygen atoms in total. The van der Waals surface area contributed by atoms with E-state index in [4.69, 9.17) is 0 Å². The highest BCUT2D eigenvalue weighted by atomic mass is 15.2. The molecule has 1 atom stereocenters. The number of rotatable bonds is 5. The topological polar surface area (TPSA) is 15.3 Å². The lowest BCUT2D eigenvalue weighted by atomic mass is 9.97. The molecule has 1 fully saturated rings. The minimum Gasteiger partial charge on any atom is -0.314 e. The molecule has 18 heavy (non-hydrogen) atoms. The maximum absolute atomic E-state index is 3.45. The third-order valence-corrected chi connectivity index (χ3v) is 3.85. The maximum Gasteiger partial charge on any atom is 0.0349 e. The van der Waals surface area contributed by atoms with Gasteiger partial charge in [-0.1, -0.05) is 49.6 Å². The standard InChI is InChI=1S/C16H26N2/c1-3-4-8-16(18-11-9-17-10-12-18)15-7-5-6-14(2)13-15/h5-7,13,16-17H,3-4,8-12H2,1-2H3/t16-/m1/s1. The molecule has 1 aliphatic heterocycles. The van der Waals surface area contributed by atoms with E-state index in [0.717, 1.165) is 13.1 Å². The molecule has 100 valence electrons. The average molecular weight is 246 g/mol. The Balaban J connectivity index is 2.12. The van der Waals surface area contributed by atoms with Gasteiger partial charge in [0.25, 0.3) is 0 Å². The van der Waals surface area contributed by atoms with Crippen LogP contribution in [0.5, 0.6) is 0 Å². The van der Waals surface area contributed by atoms with E-state index in [-0.39, 0.29) is 0 Å². The second-order valence-electron chi connectivity index (χ2n) is 5.36. The van der Waals surface area contributed by atoms with Crippen molar-refractivity contribution in [3.63, 3.8) is 0 Å². The van der Waals surface area contributed by atoms with Gasteiger partial charge in [0.15, 0.2) is 0 Å². The van der Waals surface area contributed by atoms with Gasteiger partial charge in [0, 0.05) is 32.2 Å². The van der Waals surface area contributed by atoms with Crippen molar-refractivity contribution >= 4 is 0 Å². The van der Waals surface area contributed by atoms with Crippen LogP contribution in [0.15, 0.2) is 24.3 Å². The van der Waals surface area contributed by atoms with Crippen molar-refractivity contribution in [3.8, 4) is 0 Å². The quantitative estimate of drug-likeness (QED) is 0.858. The van der Waals surface area contributed by atoms with E-state index in [9.17, 15) is 0 Å². The van der Waals surface area contributed by atoms with Gasteiger partial charge >= 0.3 is 0 Å². The van der Waals surface area contributed by atoms with Crippen molar-refractivity contribution in [1.29, 1.82) is 0 Å². The zero-order chi connectivity index (χ0) is 12.8. The fraction of sp³-hybridized carbons (Fsp3) is 0.625. The predicted octanol–water partition coefficient (Wildman–Crippen LogP) is 3.13. The third kappa shape index (κ3) is 3.56. The maximum atomic E-state index is 3.45. The van der Waals surface area contributed by atoms with Crippen LogP contribution in [0, 0.1) is 6.92 Å². The van der Waals surface area contributed by atoms with E-state index in [1.807, 2.05) is 0 Å². The van der Waals surface area contributed by atoms with Crippen molar-refractivity contribution in [2.75, 3.05) is 26.2 Å². The molecule has 1 aliphatic rings. The highest BCUT2D eigenvalue weighted by Crippen LogP contribution is 2.27. The second-order valence-corrected chi connectivity index (χ2v) is 5.36. The monoisotopic (exact) mass is 246 g/mol. The van der Waals surface area contributed by atoms with E-state index in [0.29, 0.717) is 6.04 Å². The van der Waals surface area contributed by atoms with Gasteiger partial charge in [-0.15, -0.1) is 0 Å². The molecule has 0 radical (unpaired) electrons. The van der Waals surface area contributed by atoms with Gasteiger partial charge in [-0.3, -0.25) is 4.90 Å². The van der Waals surface area contributed by atoms with E-state index in [1.165, 1.54) is 43.5 Å². The molecule has 1 aromatic carbocycles. The van der Waals surface area contributed by atoms with Crippen LogP contribution >= 0.6 is 0 Å². The Morgan fingerprint density at radius 2 is 2.06 bits per heavy atom. The zero-order valence-corrected chi connectivity index (χ0v) is 11.8. The van der Waals surface area contributed by atoms with Crippen molar-refractivity contribution < 1.29 is 0 Å². The molecule has 1 N–H and O–H groups in total. The molecule has 1 heterocycles. The summed E-state index contributed by atoms with van der Waals surface area (Å²) < 4.78 is 0. The molecule has 1 saturated heterocycles. The van der Waals surface area contributed by atoms with E-state index < -0.39 is 0 Å². The van der Waals surface area contributed by atoms with Crippen LogP contribution in [-0.2, 0) is 0 Å². The highest BCUT2D eigenvalue weighted by molar-refractivity contribution is 5.25. The number of hydrogen-bond acceptors (Lipinski definition) is 2. The second kappa shape index (κ2) is 6.91. The van der Waals surface area contributed by atoms with Gasteiger partial charge in [-0.25, -0.2) is 0 Å². The average Bonchev–Trinajstić information content (AvgIpc) is 2.40. The molecule has 0 aromatic heterocycles. The van der Waals surface area contributed by atoms with E-state index in [2.05, 4.69) is 48.3 Å². The fourth-order valence-corrected chi connectivity index (χ4v) is 2.83. The largest absolute Gasteiger partial charge is 0.314 e. The molecular formula is C16H26N2. The Morgan fingerprint density at radius 3 is 2.72 bits per heavy atom. The number of aryl methyl sites for hydroxylation is 1. The number of hydrogen-bond donors (Lipinski definition) is 1. The van der Waals surface area contributed by atoms with E-state index in [1.54, 1.807) is 0 Å². The van der Waals surface area contributed by atoms with Crippen LogP contribution in [0.1, 0.15) is 43.4 Å². The molecule has 0 amide bonds.